The molecule has 0 atom stereocenters. The molecular formula is C18H10F7N3O. The molecule has 0 fully saturated rings. The number of alkyl halides is 6. The van der Waals surface area contributed by atoms with Gasteiger partial charge in [-0.3, -0.25) is 4.79 Å². The second-order valence-electron chi connectivity index (χ2n) is 5.80. The summed E-state index contributed by atoms with van der Waals surface area (Å²) in [5.41, 5.74) is -4.53. The largest absolute Gasteiger partial charge is 0.434 e. The molecular weight excluding hydrogens is 407 g/mol. The van der Waals surface area contributed by atoms with Gasteiger partial charge in [0, 0.05) is 5.69 Å². The van der Waals surface area contributed by atoms with E-state index in [-0.39, 0.29) is 10.4 Å². The minimum Gasteiger partial charge on any atom is -0.322 e. The number of carbonyl (C=O) groups excluding carboxylic acids is 1. The van der Waals surface area contributed by atoms with E-state index in [1.807, 2.05) is 5.32 Å². The number of amides is 1. The average molecular weight is 417 g/mol. The van der Waals surface area contributed by atoms with Gasteiger partial charge in [0.05, 0.1) is 17.3 Å². The Morgan fingerprint density at radius 3 is 2.24 bits per heavy atom. The summed E-state index contributed by atoms with van der Waals surface area (Å²) in [6, 6.07) is 7.89. The number of anilines is 1. The predicted molar refractivity (Wildman–Crippen MR) is 87.9 cm³/mol. The molecule has 0 radical (unpaired) electrons. The van der Waals surface area contributed by atoms with E-state index in [0.29, 0.717) is 12.3 Å². The van der Waals surface area contributed by atoms with Crippen molar-refractivity contribution in [3.8, 4) is 5.69 Å². The fourth-order valence-electron chi connectivity index (χ4n) is 2.57. The highest BCUT2D eigenvalue weighted by molar-refractivity contribution is 6.05. The molecule has 2 aromatic carbocycles. The van der Waals surface area contributed by atoms with E-state index in [4.69, 9.17) is 0 Å². The minimum atomic E-state index is -5.10. The molecule has 4 nitrogen and oxygen atoms in total. The van der Waals surface area contributed by atoms with Crippen LogP contribution in [0.4, 0.5) is 36.4 Å². The quantitative estimate of drug-likeness (QED) is 0.588. The molecule has 0 saturated carbocycles. The van der Waals surface area contributed by atoms with Gasteiger partial charge in [-0.05, 0) is 30.3 Å². The average Bonchev–Trinajstić information content (AvgIpc) is 3.07. The Labute approximate surface area is 158 Å². The number of nitrogens with zero attached hydrogens (tertiary/aromatic N) is 2. The third-order valence-corrected chi connectivity index (χ3v) is 3.81. The van der Waals surface area contributed by atoms with E-state index >= 15 is 0 Å². The zero-order chi connectivity index (χ0) is 21.4. The summed E-state index contributed by atoms with van der Waals surface area (Å²) in [4.78, 5) is 12.3. The number of hydrogen-bond donors (Lipinski definition) is 1. The molecule has 152 valence electrons. The van der Waals surface area contributed by atoms with Crippen LogP contribution in [0.5, 0.6) is 0 Å². The van der Waals surface area contributed by atoms with Crippen LogP contribution in [0.3, 0.4) is 0 Å². The molecule has 0 bridgehead atoms. The topological polar surface area (TPSA) is 46.9 Å². The molecule has 1 aromatic heterocycles. The van der Waals surface area contributed by atoms with Crippen LogP contribution >= 0.6 is 0 Å². The van der Waals surface area contributed by atoms with Gasteiger partial charge >= 0.3 is 12.4 Å². The van der Waals surface area contributed by atoms with Crippen LogP contribution in [0.15, 0.2) is 54.7 Å². The predicted octanol–water partition coefficient (Wildman–Crippen LogP) is 5.30. The van der Waals surface area contributed by atoms with Gasteiger partial charge in [-0.1, -0.05) is 18.2 Å². The highest BCUT2D eigenvalue weighted by Gasteiger charge is 2.41. The minimum absolute atomic E-state index is 0.219. The van der Waals surface area contributed by atoms with Crippen molar-refractivity contribution in [3.63, 3.8) is 0 Å². The molecule has 29 heavy (non-hydrogen) atoms. The summed E-state index contributed by atoms with van der Waals surface area (Å²) >= 11 is 0. The molecule has 3 rings (SSSR count). The SMILES string of the molecule is O=C(Nc1cccc(C(F)(F)F)c1)c1cnn(-c2ccccc2F)c1C(F)(F)F. The Bertz CT molecular complexity index is 1050. The van der Waals surface area contributed by atoms with E-state index in [1.165, 1.54) is 12.1 Å². The third-order valence-electron chi connectivity index (χ3n) is 3.81. The van der Waals surface area contributed by atoms with Crippen molar-refractivity contribution in [3.05, 3.63) is 77.4 Å². The standard InChI is InChI=1S/C18H10F7N3O/c19-13-6-1-2-7-14(13)28-15(18(23,24)25)12(9-26-28)16(29)27-11-5-3-4-10(8-11)17(20,21)22/h1-9H,(H,27,29). The monoisotopic (exact) mass is 417 g/mol. The molecule has 1 amide bonds. The smallest absolute Gasteiger partial charge is 0.322 e. The zero-order valence-electron chi connectivity index (χ0n) is 14.1. The van der Waals surface area contributed by atoms with Gasteiger partial charge in [0.25, 0.3) is 5.91 Å². The molecule has 1 N–H and O–H groups in total. The van der Waals surface area contributed by atoms with Gasteiger partial charge in [-0.15, -0.1) is 0 Å². The van der Waals surface area contributed by atoms with Gasteiger partial charge in [-0.2, -0.15) is 31.4 Å². The molecule has 0 saturated heterocycles. The van der Waals surface area contributed by atoms with E-state index in [9.17, 15) is 35.5 Å². The summed E-state index contributed by atoms with van der Waals surface area (Å²) < 4.78 is 93.1. The Hall–Kier alpha value is -3.37. The summed E-state index contributed by atoms with van der Waals surface area (Å²) in [5.74, 6) is -2.36. The highest BCUT2D eigenvalue weighted by Crippen LogP contribution is 2.35. The van der Waals surface area contributed by atoms with E-state index in [0.717, 1.165) is 30.3 Å². The number of benzene rings is 2. The summed E-state index contributed by atoms with van der Waals surface area (Å²) in [6.07, 6.45) is -9.23. The summed E-state index contributed by atoms with van der Waals surface area (Å²) in [6.45, 7) is 0. The van der Waals surface area contributed by atoms with Crippen molar-refractivity contribution >= 4 is 11.6 Å². The summed E-state index contributed by atoms with van der Waals surface area (Å²) in [5, 5.41) is 5.43. The van der Waals surface area contributed by atoms with E-state index in [2.05, 4.69) is 5.10 Å². The lowest BCUT2D eigenvalue weighted by atomic mass is 10.1. The Kier molecular flexibility index (Phi) is 5.07. The molecule has 11 heteroatoms. The van der Waals surface area contributed by atoms with Gasteiger partial charge < -0.3 is 5.32 Å². The molecule has 3 aromatic rings. The van der Waals surface area contributed by atoms with Gasteiger partial charge in [0.2, 0.25) is 0 Å². The maximum absolute atomic E-state index is 13.9. The van der Waals surface area contributed by atoms with Crippen LogP contribution in [0.2, 0.25) is 0 Å². The Morgan fingerprint density at radius 1 is 0.931 bits per heavy atom. The fourth-order valence-corrected chi connectivity index (χ4v) is 2.57. The number of hydrogen-bond acceptors (Lipinski definition) is 2. The van der Waals surface area contributed by atoms with Crippen molar-refractivity contribution in [2.45, 2.75) is 12.4 Å². The second-order valence-corrected chi connectivity index (χ2v) is 5.80. The second kappa shape index (κ2) is 7.22. The number of para-hydroxylation sites is 1. The van der Waals surface area contributed by atoms with Crippen LogP contribution in [-0.2, 0) is 12.4 Å². The van der Waals surface area contributed by atoms with Crippen LogP contribution < -0.4 is 5.32 Å². The van der Waals surface area contributed by atoms with E-state index in [1.54, 1.807) is 0 Å². The first-order chi connectivity index (χ1) is 13.5. The number of carbonyl (C=O) groups is 1. The number of rotatable bonds is 3. The molecule has 0 spiro atoms. The van der Waals surface area contributed by atoms with Gasteiger partial charge in [0.15, 0.2) is 5.69 Å². The highest BCUT2D eigenvalue weighted by atomic mass is 19.4. The van der Waals surface area contributed by atoms with Crippen molar-refractivity contribution in [2.75, 3.05) is 5.32 Å². The lowest BCUT2D eigenvalue weighted by molar-refractivity contribution is -0.143. The first kappa shape index (κ1) is 20.4. The van der Waals surface area contributed by atoms with Crippen molar-refractivity contribution < 1.29 is 35.5 Å². The first-order valence-corrected chi connectivity index (χ1v) is 7.87. The van der Waals surface area contributed by atoms with Crippen molar-refractivity contribution in [2.24, 2.45) is 0 Å². The Morgan fingerprint density at radius 2 is 1.62 bits per heavy atom. The molecule has 0 aliphatic heterocycles. The first-order valence-electron chi connectivity index (χ1n) is 7.87. The van der Waals surface area contributed by atoms with Crippen LogP contribution in [0.25, 0.3) is 5.69 Å². The number of nitrogens with one attached hydrogen (secondary N) is 1. The van der Waals surface area contributed by atoms with Crippen molar-refractivity contribution in [1.29, 1.82) is 0 Å². The lowest BCUT2D eigenvalue weighted by Crippen LogP contribution is -2.21. The maximum Gasteiger partial charge on any atom is 0.434 e. The van der Waals surface area contributed by atoms with Crippen molar-refractivity contribution in [1.82, 2.24) is 9.78 Å². The fraction of sp³-hybridized carbons (Fsp3) is 0.111. The lowest BCUT2D eigenvalue weighted by Gasteiger charge is -2.14. The normalized spacial score (nSPS) is 12.1. The molecule has 0 unspecified atom stereocenters. The third kappa shape index (κ3) is 4.23. The van der Waals surface area contributed by atoms with Gasteiger partial charge in [0.1, 0.15) is 11.5 Å². The number of aromatic nitrogens is 2. The molecule has 1 heterocycles. The van der Waals surface area contributed by atoms with Crippen LogP contribution in [0, 0.1) is 5.82 Å². The van der Waals surface area contributed by atoms with Gasteiger partial charge in [-0.25, -0.2) is 9.07 Å². The summed E-state index contributed by atoms with van der Waals surface area (Å²) in [7, 11) is 0. The van der Waals surface area contributed by atoms with E-state index < -0.39 is 46.6 Å². The van der Waals surface area contributed by atoms with Crippen LogP contribution in [-0.4, -0.2) is 15.7 Å². The maximum atomic E-state index is 13.9. The van der Waals surface area contributed by atoms with Crippen LogP contribution in [0.1, 0.15) is 21.6 Å². The number of halogens is 7. The molecule has 0 aliphatic carbocycles. The zero-order valence-corrected chi connectivity index (χ0v) is 14.1. The molecule has 0 aliphatic rings. The Balaban J connectivity index is 2.01.